The molecule has 144 valence electrons. The monoisotopic (exact) mass is 390 g/mol. The van der Waals surface area contributed by atoms with Crippen LogP contribution in [0.5, 0.6) is 5.75 Å². The van der Waals surface area contributed by atoms with Gasteiger partial charge in [0.1, 0.15) is 11.9 Å². The third-order valence-corrected chi connectivity index (χ3v) is 5.79. The maximum atomic E-state index is 12.1. The standard InChI is InChI=1S/C19H22N2O5S/c1-14-3-6-16(7-4-14)26-17-9-11-20(12-10-17)18-8-5-15(21(22)23)13-19(18)27(2,24)25/h3-8,13,17H,9-12H2,1-2H3. The predicted octanol–water partition coefficient (Wildman–Crippen LogP) is 3.35. The van der Waals surface area contributed by atoms with Crippen LogP contribution >= 0.6 is 0 Å². The number of non-ortho nitro benzene ring substituents is 1. The van der Waals surface area contributed by atoms with Crippen molar-refractivity contribution >= 4 is 21.2 Å². The second kappa shape index (κ2) is 7.56. The molecule has 1 aliphatic heterocycles. The minimum Gasteiger partial charge on any atom is -0.490 e. The summed E-state index contributed by atoms with van der Waals surface area (Å²) in [5, 5.41) is 11.0. The number of sulfone groups is 1. The Morgan fingerprint density at radius 3 is 2.30 bits per heavy atom. The van der Waals surface area contributed by atoms with E-state index in [2.05, 4.69) is 0 Å². The molecule has 0 aromatic heterocycles. The fourth-order valence-electron chi connectivity index (χ4n) is 3.20. The Hall–Kier alpha value is -2.61. The lowest BCUT2D eigenvalue weighted by molar-refractivity contribution is -0.385. The van der Waals surface area contributed by atoms with Gasteiger partial charge in [-0.15, -0.1) is 0 Å². The predicted molar refractivity (Wildman–Crippen MR) is 103 cm³/mol. The van der Waals surface area contributed by atoms with Crippen LogP contribution in [0.15, 0.2) is 47.4 Å². The zero-order chi connectivity index (χ0) is 19.6. The van der Waals surface area contributed by atoms with Crippen molar-refractivity contribution in [2.75, 3.05) is 24.2 Å². The second-order valence-electron chi connectivity index (χ2n) is 6.80. The number of ether oxygens (including phenoxy) is 1. The molecule has 2 aromatic carbocycles. The summed E-state index contributed by atoms with van der Waals surface area (Å²) >= 11 is 0. The summed E-state index contributed by atoms with van der Waals surface area (Å²) in [5.74, 6) is 0.825. The molecule has 0 atom stereocenters. The molecular weight excluding hydrogens is 368 g/mol. The number of nitrogens with zero attached hydrogens (tertiary/aromatic N) is 2. The van der Waals surface area contributed by atoms with Crippen molar-refractivity contribution in [3.05, 3.63) is 58.1 Å². The molecule has 1 fully saturated rings. The molecule has 8 heteroatoms. The molecule has 0 bridgehead atoms. The Balaban J connectivity index is 1.74. The summed E-state index contributed by atoms with van der Waals surface area (Å²) in [5.41, 5.74) is 1.46. The number of rotatable bonds is 5. The van der Waals surface area contributed by atoms with E-state index in [1.54, 1.807) is 0 Å². The quantitative estimate of drug-likeness (QED) is 0.574. The molecule has 27 heavy (non-hydrogen) atoms. The first-order valence-electron chi connectivity index (χ1n) is 8.71. The minimum atomic E-state index is -3.58. The minimum absolute atomic E-state index is 0.00500. The van der Waals surface area contributed by atoms with Crippen molar-refractivity contribution in [1.82, 2.24) is 0 Å². The van der Waals surface area contributed by atoms with Gasteiger partial charge in [-0.1, -0.05) is 17.7 Å². The summed E-state index contributed by atoms with van der Waals surface area (Å²) in [7, 11) is -3.58. The Bertz CT molecular complexity index is 933. The van der Waals surface area contributed by atoms with E-state index in [9.17, 15) is 18.5 Å². The smallest absolute Gasteiger partial charge is 0.270 e. The fraction of sp³-hybridized carbons (Fsp3) is 0.368. The summed E-state index contributed by atoms with van der Waals surface area (Å²) in [4.78, 5) is 12.4. The van der Waals surface area contributed by atoms with Gasteiger partial charge in [-0.25, -0.2) is 8.42 Å². The molecule has 0 spiro atoms. The van der Waals surface area contributed by atoms with Crippen molar-refractivity contribution in [3.63, 3.8) is 0 Å². The highest BCUT2D eigenvalue weighted by molar-refractivity contribution is 7.90. The van der Waals surface area contributed by atoms with Crippen molar-refractivity contribution in [2.45, 2.75) is 30.8 Å². The Morgan fingerprint density at radius 1 is 1.11 bits per heavy atom. The Kier molecular flexibility index (Phi) is 5.36. The van der Waals surface area contributed by atoms with Gasteiger partial charge in [-0.3, -0.25) is 10.1 Å². The van der Waals surface area contributed by atoms with Crippen LogP contribution in [0.25, 0.3) is 0 Å². The molecule has 2 aromatic rings. The zero-order valence-corrected chi connectivity index (χ0v) is 16.1. The molecule has 0 N–H and O–H groups in total. The normalized spacial score (nSPS) is 15.6. The maximum Gasteiger partial charge on any atom is 0.270 e. The molecule has 0 unspecified atom stereocenters. The summed E-state index contributed by atoms with van der Waals surface area (Å²) in [6, 6.07) is 11.9. The van der Waals surface area contributed by atoms with E-state index in [1.165, 1.54) is 17.7 Å². The van der Waals surface area contributed by atoms with Crippen LogP contribution in [0.2, 0.25) is 0 Å². The highest BCUT2D eigenvalue weighted by atomic mass is 32.2. The number of nitro benzene ring substituents is 1. The lowest BCUT2D eigenvalue weighted by atomic mass is 10.1. The van der Waals surface area contributed by atoms with Gasteiger partial charge in [-0.05, 0) is 25.1 Å². The van der Waals surface area contributed by atoms with Crippen LogP contribution in [0.3, 0.4) is 0 Å². The van der Waals surface area contributed by atoms with Crippen molar-refractivity contribution < 1.29 is 18.1 Å². The Labute approximate surface area is 158 Å². The average Bonchev–Trinajstić information content (AvgIpc) is 2.63. The van der Waals surface area contributed by atoms with Gasteiger partial charge >= 0.3 is 0 Å². The SMILES string of the molecule is Cc1ccc(OC2CCN(c3ccc([N+](=O)[O-])cc3S(C)(=O)=O)CC2)cc1. The molecule has 0 aliphatic carbocycles. The van der Waals surface area contributed by atoms with Crippen LogP contribution in [0.4, 0.5) is 11.4 Å². The van der Waals surface area contributed by atoms with E-state index in [4.69, 9.17) is 4.74 Å². The first kappa shape index (κ1) is 19.2. The van der Waals surface area contributed by atoms with E-state index in [0.29, 0.717) is 18.8 Å². The number of piperidine rings is 1. The Morgan fingerprint density at radius 2 is 1.74 bits per heavy atom. The van der Waals surface area contributed by atoms with Gasteiger partial charge in [-0.2, -0.15) is 0 Å². The van der Waals surface area contributed by atoms with E-state index < -0.39 is 14.8 Å². The highest BCUT2D eigenvalue weighted by Gasteiger charge is 2.26. The lowest BCUT2D eigenvalue weighted by Crippen LogP contribution is -2.38. The second-order valence-corrected chi connectivity index (χ2v) is 8.78. The highest BCUT2D eigenvalue weighted by Crippen LogP contribution is 2.32. The van der Waals surface area contributed by atoms with E-state index in [1.807, 2.05) is 36.1 Å². The molecule has 1 saturated heterocycles. The summed E-state index contributed by atoms with van der Waals surface area (Å²) in [6.45, 7) is 3.26. The third kappa shape index (κ3) is 4.57. The molecule has 0 saturated carbocycles. The topological polar surface area (TPSA) is 89.8 Å². The molecule has 0 radical (unpaired) electrons. The molecule has 0 amide bonds. The number of hydrogen-bond donors (Lipinski definition) is 0. The van der Waals surface area contributed by atoms with E-state index in [0.717, 1.165) is 30.9 Å². The number of anilines is 1. The molecule has 3 rings (SSSR count). The van der Waals surface area contributed by atoms with Gasteiger partial charge in [0, 0.05) is 44.3 Å². The molecule has 1 aliphatic rings. The number of hydrogen-bond acceptors (Lipinski definition) is 6. The van der Waals surface area contributed by atoms with Crippen LogP contribution in [-0.2, 0) is 9.84 Å². The van der Waals surface area contributed by atoms with Gasteiger partial charge in [0.2, 0.25) is 0 Å². The average molecular weight is 390 g/mol. The maximum absolute atomic E-state index is 12.1. The van der Waals surface area contributed by atoms with Crippen LogP contribution in [-0.4, -0.2) is 38.8 Å². The first-order valence-corrected chi connectivity index (χ1v) is 10.6. The number of aryl methyl sites for hydroxylation is 1. The van der Waals surface area contributed by atoms with Crippen molar-refractivity contribution in [3.8, 4) is 5.75 Å². The van der Waals surface area contributed by atoms with Crippen LogP contribution in [0, 0.1) is 17.0 Å². The van der Waals surface area contributed by atoms with Crippen molar-refractivity contribution in [1.29, 1.82) is 0 Å². The van der Waals surface area contributed by atoms with Gasteiger partial charge in [0.25, 0.3) is 5.69 Å². The first-order chi connectivity index (χ1) is 12.7. The van der Waals surface area contributed by atoms with Crippen molar-refractivity contribution in [2.24, 2.45) is 0 Å². The van der Waals surface area contributed by atoms with Gasteiger partial charge < -0.3 is 9.64 Å². The molecule has 1 heterocycles. The summed E-state index contributed by atoms with van der Waals surface area (Å²) < 4.78 is 30.3. The fourth-order valence-corrected chi connectivity index (χ4v) is 4.11. The van der Waals surface area contributed by atoms with Gasteiger partial charge in [0.05, 0.1) is 15.5 Å². The number of nitro groups is 1. The third-order valence-electron chi connectivity index (χ3n) is 4.66. The summed E-state index contributed by atoms with van der Waals surface area (Å²) in [6.07, 6.45) is 2.62. The van der Waals surface area contributed by atoms with Crippen LogP contribution < -0.4 is 9.64 Å². The number of benzene rings is 2. The zero-order valence-electron chi connectivity index (χ0n) is 15.3. The molecule has 7 nitrogen and oxygen atoms in total. The van der Waals surface area contributed by atoms with Crippen LogP contribution in [0.1, 0.15) is 18.4 Å². The van der Waals surface area contributed by atoms with E-state index >= 15 is 0 Å². The largest absolute Gasteiger partial charge is 0.490 e. The van der Waals surface area contributed by atoms with Gasteiger partial charge in [0.15, 0.2) is 9.84 Å². The molecular formula is C19H22N2O5S. The van der Waals surface area contributed by atoms with E-state index in [-0.39, 0.29) is 16.7 Å². The lowest BCUT2D eigenvalue weighted by Gasteiger charge is -2.34.